The van der Waals surface area contributed by atoms with E-state index in [1.54, 1.807) is 18.8 Å². The molecular formula is C27H32N6O5. The van der Waals surface area contributed by atoms with Gasteiger partial charge in [0.15, 0.2) is 11.5 Å². The second kappa shape index (κ2) is 10.8. The van der Waals surface area contributed by atoms with Crippen molar-refractivity contribution in [2.45, 2.75) is 40.3 Å². The molecule has 0 bridgehead atoms. The first-order chi connectivity index (χ1) is 18.1. The molecule has 2 heterocycles. The van der Waals surface area contributed by atoms with E-state index in [2.05, 4.69) is 5.32 Å². The molecule has 4 rings (SSSR count). The third-order valence-corrected chi connectivity index (χ3v) is 6.50. The molecule has 1 aliphatic rings. The molecule has 4 amide bonds. The van der Waals surface area contributed by atoms with Crippen LogP contribution >= 0.6 is 0 Å². The van der Waals surface area contributed by atoms with Crippen molar-refractivity contribution in [3.63, 3.8) is 0 Å². The predicted molar refractivity (Wildman–Crippen MR) is 143 cm³/mol. The Hall–Kier alpha value is -4.54. The summed E-state index contributed by atoms with van der Waals surface area (Å²) < 4.78 is 14.2. The predicted octanol–water partition coefficient (Wildman–Crippen LogP) is 2.43. The van der Waals surface area contributed by atoms with Crippen LogP contribution in [0.4, 0.5) is 15.3 Å². The van der Waals surface area contributed by atoms with E-state index in [4.69, 9.17) is 20.2 Å². The number of primary amides is 1. The summed E-state index contributed by atoms with van der Waals surface area (Å²) in [4.78, 5) is 41.5. The van der Waals surface area contributed by atoms with Crippen LogP contribution in [0, 0.1) is 20.8 Å². The lowest BCUT2D eigenvalue weighted by Crippen LogP contribution is -2.46. The second-order valence-corrected chi connectivity index (χ2v) is 9.19. The fourth-order valence-corrected chi connectivity index (χ4v) is 4.87. The summed E-state index contributed by atoms with van der Waals surface area (Å²) in [6.07, 6.45) is 0.633. The smallest absolute Gasteiger partial charge is 0.330 e. The summed E-state index contributed by atoms with van der Waals surface area (Å²) >= 11 is 0. The highest BCUT2D eigenvalue weighted by molar-refractivity contribution is 5.92. The number of methoxy groups -OCH3 is 2. The van der Waals surface area contributed by atoms with Crippen LogP contribution in [0.25, 0.3) is 11.3 Å². The number of urea groups is 2. The van der Waals surface area contributed by atoms with Crippen LogP contribution in [-0.2, 0) is 19.5 Å². The van der Waals surface area contributed by atoms with Gasteiger partial charge in [-0.3, -0.25) is 14.5 Å². The van der Waals surface area contributed by atoms with Gasteiger partial charge in [0.1, 0.15) is 5.49 Å². The van der Waals surface area contributed by atoms with Crippen LogP contribution in [0.3, 0.4) is 0 Å². The molecule has 0 saturated carbocycles. The largest absolute Gasteiger partial charge is 0.493 e. The van der Waals surface area contributed by atoms with Gasteiger partial charge in [-0.05, 0) is 56.0 Å². The molecule has 200 valence electrons. The second-order valence-electron chi connectivity index (χ2n) is 9.19. The Morgan fingerprint density at radius 3 is 2.32 bits per heavy atom. The van der Waals surface area contributed by atoms with Gasteiger partial charge in [0.05, 0.1) is 25.6 Å². The van der Waals surface area contributed by atoms with Crippen molar-refractivity contribution in [3.05, 3.63) is 68.6 Å². The van der Waals surface area contributed by atoms with Crippen molar-refractivity contribution in [1.29, 1.82) is 0 Å². The Kier molecular flexibility index (Phi) is 7.56. The number of carbonyl (C=O) groups excluding carboxylic acids is 2. The molecule has 2 aromatic carbocycles. The van der Waals surface area contributed by atoms with E-state index in [0.717, 1.165) is 33.5 Å². The normalized spacial score (nSPS) is 12.4. The van der Waals surface area contributed by atoms with Gasteiger partial charge in [-0.15, -0.1) is 0 Å². The van der Waals surface area contributed by atoms with Crippen LogP contribution in [-0.4, -0.2) is 42.0 Å². The van der Waals surface area contributed by atoms with Gasteiger partial charge in [-0.25, -0.2) is 19.4 Å². The number of fused-ring (bicyclic) bond motifs is 3. The molecule has 0 spiro atoms. The van der Waals surface area contributed by atoms with Crippen molar-refractivity contribution in [2.24, 2.45) is 10.7 Å². The quantitative estimate of drug-likeness (QED) is 0.458. The number of rotatable bonds is 6. The topological polar surface area (TPSA) is 142 Å². The molecule has 0 radical (unpaired) electrons. The third kappa shape index (κ3) is 5.26. The zero-order chi connectivity index (χ0) is 27.6. The maximum Gasteiger partial charge on any atom is 0.330 e. The molecule has 1 aromatic heterocycles. The van der Waals surface area contributed by atoms with Crippen LogP contribution < -0.4 is 37.0 Å². The maximum atomic E-state index is 13.8. The number of amides is 4. The number of imide groups is 1. The first-order valence-corrected chi connectivity index (χ1v) is 12.2. The number of nitrogens with one attached hydrogen (secondary N) is 2. The van der Waals surface area contributed by atoms with Gasteiger partial charge in [-0.2, -0.15) is 0 Å². The Morgan fingerprint density at radius 1 is 1.03 bits per heavy atom. The Balaban J connectivity index is 1.89. The molecule has 0 atom stereocenters. The molecule has 0 fully saturated rings. The molecule has 38 heavy (non-hydrogen) atoms. The first kappa shape index (κ1) is 26.5. The third-order valence-electron chi connectivity index (χ3n) is 6.50. The van der Waals surface area contributed by atoms with Crippen molar-refractivity contribution in [3.8, 4) is 22.8 Å². The monoisotopic (exact) mass is 520 g/mol. The van der Waals surface area contributed by atoms with Gasteiger partial charge in [0, 0.05) is 31.3 Å². The molecule has 1 aliphatic heterocycles. The highest BCUT2D eigenvalue weighted by Crippen LogP contribution is 2.37. The summed E-state index contributed by atoms with van der Waals surface area (Å²) in [5.41, 5.74) is 11.7. The average Bonchev–Trinajstić information content (AvgIpc) is 2.86. The number of nitrogens with zero attached hydrogens (tertiary/aromatic N) is 3. The number of hydrogen-bond acceptors (Lipinski definition) is 6. The van der Waals surface area contributed by atoms with Crippen molar-refractivity contribution in [1.82, 2.24) is 19.8 Å². The Bertz CT molecular complexity index is 1530. The van der Waals surface area contributed by atoms with E-state index >= 15 is 0 Å². The Labute approximate surface area is 219 Å². The van der Waals surface area contributed by atoms with Crippen LogP contribution in [0.15, 0.2) is 40.1 Å². The summed E-state index contributed by atoms with van der Waals surface area (Å²) in [6, 6.07) is 8.09. The number of aromatic nitrogens is 2. The number of ether oxygens (including phenoxy) is 2. The van der Waals surface area contributed by atoms with E-state index in [1.807, 2.05) is 56.4 Å². The van der Waals surface area contributed by atoms with E-state index in [0.29, 0.717) is 35.6 Å². The molecule has 3 aromatic rings. The van der Waals surface area contributed by atoms with Crippen molar-refractivity contribution < 1.29 is 19.1 Å². The SMILES string of the molecule is COc1cc2c(cc1OC)-c1cc(=Nc3c(C)cc(C)cc3C)n(CCNC(=O)NC(N)=O)c(=O)n1CC2. The summed E-state index contributed by atoms with van der Waals surface area (Å²) in [7, 11) is 3.17. The van der Waals surface area contributed by atoms with Gasteiger partial charge in [0.2, 0.25) is 0 Å². The molecule has 0 saturated heterocycles. The molecular weight excluding hydrogens is 488 g/mol. The number of benzene rings is 2. The number of nitrogens with two attached hydrogens (primary N) is 1. The van der Waals surface area contributed by atoms with Crippen LogP contribution in [0.2, 0.25) is 0 Å². The molecule has 11 nitrogen and oxygen atoms in total. The lowest BCUT2D eigenvalue weighted by Gasteiger charge is -2.24. The molecule has 4 N–H and O–H groups in total. The van der Waals surface area contributed by atoms with E-state index in [1.165, 1.54) is 4.57 Å². The van der Waals surface area contributed by atoms with Crippen molar-refractivity contribution in [2.75, 3.05) is 20.8 Å². The van der Waals surface area contributed by atoms with Gasteiger partial charge < -0.3 is 20.5 Å². The highest BCUT2D eigenvalue weighted by Gasteiger charge is 2.22. The Morgan fingerprint density at radius 2 is 1.68 bits per heavy atom. The summed E-state index contributed by atoms with van der Waals surface area (Å²) in [6.45, 7) is 6.67. The molecule has 11 heteroatoms. The number of aryl methyl sites for hydroxylation is 4. The average molecular weight is 521 g/mol. The van der Waals surface area contributed by atoms with Crippen LogP contribution in [0.5, 0.6) is 11.5 Å². The summed E-state index contributed by atoms with van der Waals surface area (Å²) in [5.74, 6) is 1.20. The van der Waals surface area contributed by atoms with Crippen LogP contribution in [0.1, 0.15) is 22.3 Å². The minimum Gasteiger partial charge on any atom is -0.493 e. The van der Waals surface area contributed by atoms with Gasteiger partial charge in [-0.1, -0.05) is 17.7 Å². The zero-order valence-electron chi connectivity index (χ0n) is 22.2. The number of carbonyl (C=O) groups is 2. The van der Waals surface area contributed by atoms with E-state index in [-0.39, 0.29) is 18.8 Å². The minimum atomic E-state index is -0.962. The molecule has 0 unspecified atom stereocenters. The lowest BCUT2D eigenvalue weighted by molar-refractivity contribution is 0.231. The van der Waals surface area contributed by atoms with Gasteiger partial charge in [0.25, 0.3) is 0 Å². The first-order valence-electron chi connectivity index (χ1n) is 12.2. The van der Waals surface area contributed by atoms with E-state index in [9.17, 15) is 14.4 Å². The fraction of sp³-hybridized carbons (Fsp3) is 0.333. The minimum absolute atomic E-state index is 0.0777. The summed E-state index contributed by atoms with van der Waals surface area (Å²) in [5, 5.41) is 4.49. The van der Waals surface area contributed by atoms with Gasteiger partial charge >= 0.3 is 17.8 Å². The standard InChI is InChI=1S/C27H32N6O5/c1-15-10-16(2)24(17(3)11-15)30-23-14-20-19-13-22(38-5)21(37-4)12-18(19)6-8-32(20)27(36)33(23)9-7-29-26(35)31-25(28)34/h10-14H,6-9H2,1-5H3,(H4,28,29,31,34,35). The van der Waals surface area contributed by atoms with Crippen molar-refractivity contribution >= 4 is 17.7 Å². The van der Waals surface area contributed by atoms with E-state index < -0.39 is 12.1 Å². The maximum absolute atomic E-state index is 13.8. The fourth-order valence-electron chi connectivity index (χ4n) is 4.87. The molecule has 0 aliphatic carbocycles. The highest BCUT2D eigenvalue weighted by atomic mass is 16.5. The zero-order valence-corrected chi connectivity index (χ0v) is 22.2. The lowest BCUT2D eigenvalue weighted by atomic mass is 9.97. The number of hydrogen-bond donors (Lipinski definition) is 3.